The summed E-state index contributed by atoms with van der Waals surface area (Å²) in [5.41, 5.74) is 0.894. The fraction of sp³-hybridized carbons (Fsp3) is 0.412. The summed E-state index contributed by atoms with van der Waals surface area (Å²) in [6.07, 6.45) is 5.17. The lowest BCUT2D eigenvalue weighted by Gasteiger charge is -2.21. The van der Waals surface area contributed by atoms with Crippen LogP contribution >= 0.6 is 0 Å². The lowest BCUT2D eigenvalue weighted by molar-refractivity contribution is 0.0601. The summed E-state index contributed by atoms with van der Waals surface area (Å²) < 4.78 is 34.5. The Morgan fingerprint density at radius 2 is 1.96 bits per heavy atom. The summed E-state index contributed by atoms with van der Waals surface area (Å²) in [5, 5.41) is 4.23. The molecular formula is C17H21N3O4S. The molecule has 1 aliphatic heterocycles. The van der Waals surface area contributed by atoms with Crippen LogP contribution in [0.15, 0.2) is 41.6 Å². The molecule has 0 radical (unpaired) electrons. The average molecular weight is 363 g/mol. The molecule has 0 bridgehead atoms. The van der Waals surface area contributed by atoms with Crippen molar-refractivity contribution >= 4 is 21.5 Å². The number of anilines is 1. The molecule has 1 saturated heterocycles. The maximum atomic E-state index is 12.4. The molecule has 0 saturated carbocycles. The van der Waals surface area contributed by atoms with Crippen molar-refractivity contribution in [3.8, 4) is 0 Å². The smallest absolute Gasteiger partial charge is 0.261 e. The molecule has 8 heteroatoms. The number of hydrogen-bond donors (Lipinski definition) is 1. The van der Waals surface area contributed by atoms with Gasteiger partial charge >= 0.3 is 0 Å². The fourth-order valence-electron chi connectivity index (χ4n) is 2.79. The number of nitrogens with one attached hydrogen (secondary N) is 1. The van der Waals surface area contributed by atoms with E-state index in [9.17, 15) is 13.2 Å². The fourth-order valence-corrected chi connectivity index (χ4v) is 3.82. The number of Topliss-reactive ketones (excluding diaryl/α,β-unsaturated/α-hetero) is 1. The second kappa shape index (κ2) is 7.37. The first-order valence-electron chi connectivity index (χ1n) is 8.18. The number of carbonyl (C=O) groups excluding carboxylic acids is 1. The Bertz CT molecular complexity index is 837. The molecule has 134 valence electrons. The minimum atomic E-state index is -3.71. The van der Waals surface area contributed by atoms with Crippen molar-refractivity contribution in [2.24, 2.45) is 5.92 Å². The Morgan fingerprint density at radius 1 is 1.28 bits per heavy atom. The first-order valence-corrected chi connectivity index (χ1v) is 9.66. The monoisotopic (exact) mass is 363 g/mol. The van der Waals surface area contributed by atoms with E-state index in [4.69, 9.17) is 4.74 Å². The van der Waals surface area contributed by atoms with E-state index >= 15 is 0 Å². The summed E-state index contributed by atoms with van der Waals surface area (Å²) in [4.78, 5) is 11.4. The van der Waals surface area contributed by atoms with Gasteiger partial charge in [0.25, 0.3) is 10.0 Å². The van der Waals surface area contributed by atoms with E-state index in [2.05, 4.69) is 9.82 Å². The van der Waals surface area contributed by atoms with E-state index in [1.165, 1.54) is 37.4 Å². The number of rotatable bonds is 6. The van der Waals surface area contributed by atoms with Gasteiger partial charge in [-0.15, -0.1) is 0 Å². The molecule has 0 aliphatic carbocycles. The molecule has 25 heavy (non-hydrogen) atoms. The standard InChI is InChI=1S/C17H21N3O4S/c1-13(21)15-2-4-17(5-3-15)25(22,23)19-16-10-18-20(12-16)11-14-6-8-24-9-7-14/h2-5,10,12,14,19H,6-9,11H2,1H3. The highest BCUT2D eigenvalue weighted by atomic mass is 32.2. The second-order valence-corrected chi connectivity index (χ2v) is 7.88. The molecule has 2 aromatic rings. The van der Waals surface area contributed by atoms with Gasteiger partial charge in [-0.25, -0.2) is 8.42 Å². The van der Waals surface area contributed by atoms with Crippen LogP contribution in [-0.4, -0.2) is 37.2 Å². The third-order valence-corrected chi connectivity index (χ3v) is 5.64. The van der Waals surface area contributed by atoms with E-state index < -0.39 is 10.0 Å². The molecule has 1 aliphatic rings. The number of sulfonamides is 1. The zero-order valence-electron chi connectivity index (χ0n) is 14.0. The summed E-state index contributed by atoms with van der Waals surface area (Å²) in [6.45, 7) is 3.72. The zero-order chi connectivity index (χ0) is 17.9. The summed E-state index contributed by atoms with van der Waals surface area (Å²) in [6, 6.07) is 5.86. The summed E-state index contributed by atoms with van der Waals surface area (Å²) in [7, 11) is -3.71. The van der Waals surface area contributed by atoms with Crippen molar-refractivity contribution in [1.29, 1.82) is 0 Å². The number of carbonyl (C=O) groups is 1. The number of ether oxygens (including phenoxy) is 1. The summed E-state index contributed by atoms with van der Waals surface area (Å²) >= 11 is 0. The van der Waals surface area contributed by atoms with Crippen molar-refractivity contribution < 1.29 is 17.9 Å². The number of hydrogen-bond acceptors (Lipinski definition) is 5. The molecule has 0 amide bonds. The van der Waals surface area contributed by atoms with Crippen LogP contribution in [0.4, 0.5) is 5.69 Å². The van der Waals surface area contributed by atoms with E-state index in [0.717, 1.165) is 32.6 Å². The third-order valence-electron chi connectivity index (χ3n) is 4.24. The first-order chi connectivity index (χ1) is 11.9. The Hall–Kier alpha value is -2.19. The largest absolute Gasteiger partial charge is 0.381 e. The van der Waals surface area contributed by atoms with Crippen molar-refractivity contribution in [2.75, 3.05) is 17.9 Å². The maximum Gasteiger partial charge on any atom is 0.261 e. The van der Waals surface area contributed by atoms with Crippen LogP contribution in [0.5, 0.6) is 0 Å². The van der Waals surface area contributed by atoms with Gasteiger partial charge < -0.3 is 4.74 Å². The molecule has 3 rings (SSSR count). The van der Waals surface area contributed by atoms with Crippen molar-refractivity contribution in [3.63, 3.8) is 0 Å². The highest BCUT2D eigenvalue weighted by Gasteiger charge is 2.17. The lowest BCUT2D eigenvalue weighted by atomic mass is 10.0. The van der Waals surface area contributed by atoms with Crippen molar-refractivity contribution in [3.05, 3.63) is 42.2 Å². The van der Waals surface area contributed by atoms with Gasteiger partial charge in [0.15, 0.2) is 5.78 Å². The topological polar surface area (TPSA) is 90.3 Å². The quantitative estimate of drug-likeness (QED) is 0.796. The zero-order valence-corrected chi connectivity index (χ0v) is 14.8. The molecule has 2 heterocycles. The van der Waals surface area contributed by atoms with Gasteiger partial charge in [0.2, 0.25) is 0 Å². The van der Waals surface area contributed by atoms with Gasteiger partial charge in [-0.1, -0.05) is 12.1 Å². The minimum Gasteiger partial charge on any atom is -0.381 e. The normalized spacial score (nSPS) is 15.9. The molecule has 0 atom stereocenters. The average Bonchev–Trinajstić information content (AvgIpc) is 3.02. The molecule has 1 N–H and O–H groups in total. The van der Waals surface area contributed by atoms with Crippen LogP contribution in [0, 0.1) is 5.92 Å². The highest BCUT2D eigenvalue weighted by Crippen LogP contribution is 2.19. The number of benzene rings is 1. The van der Waals surface area contributed by atoms with Crippen LogP contribution in [0.2, 0.25) is 0 Å². The third kappa shape index (κ3) is 4.46. The van der Waals surface area contributed by atoms with Gasteiger partial charge in [0.1, 0.15) is 0 Å². The van der Waals surface area contributed by atoms with Crippen molar-refractivity contribution in [1.82, 2.24) is 9.78 Å². The predicted octanol–water partition coefficient (Wildman–Crippen LogP) is 2.31. The second-order valence-electron chi connectivity index (χ2n) is 6.19. The molecule has 0 spiro atoms. The molecule has 1 aromatic carbocycles. The van der Waals surface area contributed by atoms with Gasteiger partial charge in [0, 0.05) is 31.5 Å². The highest BCUT2D eigenvalue weighted by molar-refractivity contribution is 7.92. The Morgan fingerprint density at radius 3 is 2.60 bits per heavy atom. The predicted molar refractivity (Wildman–Crippen MR) is 93.0 cm³/mol. The van der Waals surface area contributed by atoms with Gasteiger partial charge in [-0.05, 0) is 37.8 Å². The van der Waals surface area contributed by atoms with Crippen LogP contribution in [-0.2, 0) is 21.3 Å². The van der Waals surface area contributed by atoms with Crippen molar-refractivity contribution in [2.45, 2.75) is 31.2 Å². The SMILES string of the molecule is CC(=O)c1ccc(S(=O)(=O)Nc2cnn(CC3CCOCC3)c2)cc1. The Labute approximate surface area is 147 Å². The van der Waals surface area contributed by atoms with Crippen LogP contribution < -0.4 is 4.72 Å². The Balaban J connectivity index is 1.67. The van der Waals surface area contributed by atoms with Gasteiger partial charge in [0.05, 0.1) is 16.8 Å². The maximum absolute atomic E-state index is 12.4. The van der Waals surface area contributed by atoms with E-state index in [0.29, 0.717) is 17.2 Å². The molecule has 1 fully saturated rings. The van der Waals surface area contributed by atoms with E-state index in [1.54, 1.807) is 10.9 Å². The molecule has 7 nitrogen and oxygen atoms in total. The lowest BCUT2D eigenvalue weighted by Crippen LogP contribution is -2.20. The number of nitrogens with zero attached hydrogens (tertiary/aromatic N) is 2. The number of ketones is 1. The molecular weight excluding hydrogens is 342 g/mol. The van der Waals surface area contributed by atoms with Crippen LogP contribution in [0.1, 0.15) is 30.1 Å². The van der Waals surface area contributed by atoms with E-state index in [1.807, 2.05) is 0 Å². The van der Waals surface area contributed by atoms with Gasteiger partial charge in [-0.2, -0.15) is 5.10 Å². The van der Waals surface area contributed by atoms with Crippen LogP contribution in [0.3, 0.4) is 0 Å². The van der Waals surface area contributed by atoms with Crippen LogP contribution in [0.25, 0.3) is 0 Å². The Kier molecular flexibility index (Phi) is 5.19. The summed E-state index contributed by atoms with van der Waals surface area (Å²) in [5.74, 6) is 0.392. The van der Waals surface area contributed by atoms with E-state index in [-0.39, 0.29) is 10.7 Å². The van der Waals surface area contributed by atoms with Gasteiger partial charge in [-0.3, -0.25) is 14.2 Å². The molecule has 0 unspecified atom stereocenters. The number of aromatic nitrogens is 2. The first kappa shape index (κ1) is 17.6. The minimum absolute atomic E-state index is 0.105. The molecule has 1 aromatic heterocycles.